The van der Waals surface area contributed by atoms with Crippen LogP contribution in [0.4, 0.5) is 11.4 Å². The van der Waals surface area contributed by atoms with E-state index in [0.29, 0.717) is 0 Å². The highest BCUT2D eigenvalue weighted by Gasteiger charge is 2.38. The van der Waals surface area contributed by atoms with E-state index in [1.807, 2.05) is 11.3 Å². The van der Waals surface area contributed by atoms with Crippen molar-refractivity contribution in [3.63, 3.8) is 0 Å². The third-order valence-electron chi connectivity index (χ3n) is 15.4. The van der Waals surface area contributed by atoms with Crippen LogP contribution < -0.4 is 16.2 Å². The maximum Gasteiger partial charge on any atom is 0.197 e. The summed E-state index contributed by atoms with van der Waals surface area (Å²) in [6.45, 7) is 16.4. The fraction of sp³-hybridized carbons (Fsp3) is 0.200. The van der Waals surface area contributed by atoms with Gasteiger partial charge in [-0.05, 0) is 124 Å². The molecule has 1 aliphatic carbocycles. The molecule has 66 heavy (non-hydrogen) atoms. The number of rotatable bonds is 3. The van der Waals surface area contributed by atoms with E-state index in [1.165, 1.54) is 86.2 Å². The van der Waals surface area contributed by atoms with Crippen LogP contribution in [-0.2, 0) is 16.2 Å². The van der Waals surface area contributed by atoms with E-state index in [0.717, 1.165) is 68.3 Å². The van der Waals surface area contributed by atoms with Crippen LogP contribution in [-0.4, -0.2) is 11.8 Å². The van der Waals surface area contributed by atoms with Crippen molar-refractivity contribution in [2.75, 3.05) is 5.32 Å². The van der Waals surface area contributed by atoms with Gasteiger partial charge in [-0.15, -0.1) is 11.3 Å². The number of hydrogen-bond acceptors (Lipinski definition) is 4. The van der Waals surface area contributed by atoms with Crippen LogP contribution in [0.2, 0.25) is 0 Å². The van der Waals surface area contributed by atoms with Crippen molar-refractivity contribution in [2.24, 2.45) is 0 Å². The maximum atomic E-state index is 6.93. The molecule has 12 aromatic rings. The number of thiophene rings is 1. The van der Waals surface area contributed by atoms with Crippen LogP contribution >= 0.6 is 11.3 Å². The van der Waals surface area contributed by atoms with E-state index >= 15 is 0 Å². The molecule has 2 aliphatic rings. The quantitative estimate of drug-likeness (QED) is 0.180. The minimum atomic E-state index is 0.0531. The lowest BCUT2D eigenvalue weighted by Gasteiger charge is -2.41. The second-order valence-corrected chi connectivity index (χ2v) is 22.5. The molecule has 1 radical (unpaired) electrons. The molecule has 4 aromatic heterocycles. The van der Waals surface area contributed by atoms with Gasteiger partial charge in [0.25, 0.3) is 0 Å². The van der Waals surface area contributed by atoms with E-state index in [2.05, 4.69) is 199 Å². The third-order valence-corrected chi connectivity index (χ3v) is 16.6. The first kappa shape index (κ1) is 38.5. The fourth-order valence-electron chi connectivity index (χ4n) is 11.7. The second kappa shape index (κ2) is 13.0. The van der Waals surface area contributed by atoms with Crippen molar-refractivity contribution < 1.29 is 8.83 Å². The minimum absolute atomic E-state index is 0.0531. The molecular formula is C60H48BN2O2S. The Morgan fingerprint density at radius 1 is 0.576 bits per heavy atom. The van der Waals surface area contributed by atoms with Gasteiger partial charge in [-0.3, -0.25) is 0 Å². The lowest BCUT2D eigenvalue weighted by molar-refractivity contribution is 0.332. The Morgan fingerprint density at radius 2 is 1.29 bits per heavy atom. The summed E-state index contributed by atoms with van der Waals surface area (Å²) < 4.78 is 18.6. The normalized spacial score (nSPS) is 15.4. The van der Waals surface area contributed by atoms with E-state index in [9.17, 15) is 0 Å². The molecule has 5 heterocycles. The molecule has 0 saturated heterocycles. The van der Waals surface area contributed by atoms with Gasteiger partial charge < -0.3 is 18.7 Å². The van der Waals surface area contributed by atoms with Crippen molar-refractivity contribution in [1.82, 2.24) is 4.57 Å². The van der Waals surface area contributed by atoms with Crippen LogP contribution in [0.3, 0.4) is 0 Å². The molecule has 8 aromatic carbocycles. The average Bonchev–Trinajstić information content (AvgIpc) is 4.05. The highest BCUT2D eigenvalue weighted by molar-refractivity contribution is 7.26. The van der Waals surface area contributed by atoms with E-state index in [1.54, 1.807) is 0 Å². The van der Waals surface area contributed by atoms with Gasteiger partial charge >= 0.3 is 0 Å². The zero-order valence-electron chi connectivity index (χ0n) is 38.4. The average molecular weight is 872 g/mol. The Labute approximate surface area is 388 Å². The topological polar surface area (TPSA) is 43.2 Å². The van der Waals surface area contributed by atoms with Crippen LogP contribution in [0.25, 0.3) is 103 Å². The Bertz CT molecular complexity index is 4090. The number of hydrogen-bond donors (Lipinski definition) is 1. The summed E-state index contributed by atoms with van der Waals surface area (Å²) >= 11 is 1.88. The van der Waals surface area contributed by atoms with E-state index in [-0.39, 0.29) is 16.2 Å². The van der Waals surface area contributed by atoms with Crippen molar-refractivity contribution in [1.29, 1.82) is 0 Å². The molecule has 0 atom stereocenters. The molecule has 0 spiro atoms. The Balaban J connectivity index is 1.08. The number of furan rings is 2. The molecule has 0 unspecified atom stereocenters. The Hall–Kier alpha value is -6.76. The van der Waals surface area contributed by atoms with Crippen molar-refractivity contribution >= 4 is 127 Å². The van der Waals surface area contributed by atoms with Gasteiger partial charge in [0.2, 0.25) is 0 Å². The SMILES string of the molecule is CC(C)(C)c1ccc(Nc2cc3oc4cc5c(cc4c3cc2-c2ccc3c4c6c(ccc4n4c3c2[B]c2cc3sc7ccccc7c3cc2-4)oc2ccccc26)C(C)(C)CCC5(C)C)cc1. The maximum absolute atomic E-state index is 6.93. The van der Waals surface area contributed by atoms with Gasteiger partial charge in [0, 0.05) is 81.0 Å². The van der Waals surface area contributed by atoms with E-state index in [4.69, 9.17) is 8.83 Å². The van der Waals surface area contributed by atoms with Crippen LogP contribution in [0.1, 0.15) is 78.0 Å². The summed E-state index contributed by atoms with van der Waals surface area (Å²) in [5.74, 6) is 0. The summed E-state index contributed by atoms with van der Waals surface area (Å²) in [6.07, 6.45) is 2.31. The molecule has 0 bridgehead atoms. The Kier molecular flexibility index (Phi) is 7.58. The first-order chi connectivity index (χ1) is 31.8. The van der Waals surface area contributed by atoms with E-state index < -0.39 is 0 Å². The molecule has 0 fully saturated rings. The highest BCUT2D eigenvalue weighted by Crippen LogP contribution is 2.50. The first-order valence-corrected chi connectivity index (χ1v) is 24.3. The molecule has 1 N–H and O–H groups in total. The molecule has 0 saturated carbocycles. The van der Waals surface area contributed by atoms with Gasteiger partial charge in [-0.1, -0.05) is 115 Å². The van der Waals surface area contributed by atoms with Crippen molar-refractivity contribution in [3.05, 3.63) is 150 Å². The number of anilines is 2. The van der Waals surface area contributed by atoms with Gasteiger partial charge in [0.15, 0.2) is 7.28 Å². The third kappa shape index (κ3) is 5.33. The molecule has 1 aliphatic heterocycles. The number of fused-ring (bicyclic) bond motifs is 16. The number of para-hydroxylation sites is 1. The molecule has 4 nitrogen and oxygen atoms in total. The second-order valence-electron chi connectivity index (χ2n) is 21.4. The first-order valence-electron chi connectivity index (χ1n) is 23.4. The lowest BCUT2D eigenvalue weighted by atomic mass is 9.59. The zero-order valence-corrected chi connectivity index (χ0v) is 39.2. The number of nitrogens with one attached hydrogen (secondary N) is 1. The molecule has 6 heteroatoms. The van der Waals surface area contributed by atoms with Crippen LogP contribution in [0.15, 0.2) is 142 Å². The van der Waals surface area contributed by atoms with Crippen LogP contribution in [0, 0.1) is 0 Å². The van der Waals surface area contributed by atoms with Gasteiger partial charge in [0.05, 0.1) is 11.2 Å². The summed E-state index contributed by atoms with van der Waals surface area (Å²) in [5, 5.41) is 13.6. The zero-order chi connectivity index (χ0) is 44.6. The van der Waals surface area contributed by atoms with Gasteiger partial charge in [-0.2, -0.15) is 0 Å². The predicted octanol–water partition coefficient (Wildman–Crippen LogP) is 16.0. The summed E-state index contributed by atoms with van der Waals surface area (Å²) in [6, 6.07) is 49.8. The summed E-state index contributed by atoms with van der Waals surface area (Å²) in [4.78, 5) is 0. The Morgan fingerprint density at radius 3 is 2.09 bits per heavy atom. The van der Waals surface area contributed by atoms with Crippen LogP contribution in [0.5, 0.6) is 0 Å². The summed E-state index contributed by atoms with van der Waals surface area (Å²) in [7, 11) is 2.46. The standard InChI is InChI=1S/C60H48BN2O2S/c1-58(2,3)32-16-18-33(19-17-32)62-45-31-51-39(40-27-42-43(29-50(40)65-51)60(6,7)25-24-59(42,4)5)26-38(45)35-20-21-37-54-46(22-23-49-55(54)36-13-8-10-14-48(36)64-49)63-47-28-41-34-12-9-11-15-52(34)66-53(41)30-44(47)61-56(35)57(37)63/h8-23,26-31,62H,24-25H2,1-7H3. The molecular weight excluding hydrogens is 824 g/mol. The number of nitrogens with zero attached hydrogens (tertiary/aromatic N) is 1. The van der Waals surface area contributed by atoms with Gasteiger partial charge in [-0.25, -0.2) is 0 Å². The highest BCUT2D eigenvalue weighted by atomic mass is 32.1. The van der Waals surface area contributed by atoms with Crippen molar-refractivity contribution in [2.45, 2.75) is 77.6 Å². The number of benzene rings is 8. The predicted molar refractivity (Wildman–Crippen MR) is 282 cm³/mol. The number of aromatic nitrogens is 1. The summed E-state index contributed by atoms with van der Waals surface area (Å²) in [5.41, 5.74) is 18.4. The van der Waals surface area contributed by atoms with Gasteiger partial charge in [0.1, 0.15) is 22.3 Å². The molecule has 319 valence electrons. The minimum Gasteiger partial charge on any atom is -0.456 e. The molecule has 14 rings (SSSR count). The van der Waals surface area contributed by atoms with Crippen molar-refractivity contribution in [3.8, 4) is 16.8 Å². The molecule has 0 amide bonds. The monoisotopic (exact) mass is 871 g/mol. The lowest BCUT2D eigenvalue weighted by Crippen LogP contribution is -2.37. The largest absolute Gasteiger partial charge is 0.456 e. The fourth-order valence-corrected chi connectivity index (χ4v) is 12.9. The smallest absolute Gasteiger partial charge is 0.197 e.